The highest BCUT2D eigenvalue weighted by atomic mass is 32.2. The largest absolute Gasteiger partial charge is 0.494 e. The van der Waals surface area contributed by atoms with Crippen LogP contribution in [0.1, 0.15) is 5.69 Å². The van der Waals surface area contributed by atoms with Crippen molar-refractivity contribution in [3.8, 4) is 22.9 Å². The van der Waals surface area contributed by atoms with Gasteiger partial charge in [0, 0.05) is 30.0 Å². The van der Waals surface area contributed by atoms with E-state index in [1.807, 2.05) is 0 Å². The zero-order chi connectivity index (χ0) is 20.6. The van der Waals surface area contributed by atoms with Gasteiger partial charge in [0.15, 0.2) is 0 Å². The zero-order valence-corrected chi connectivity index (χ0v) is 15.9. The first-order chi connectivity index (χ1) is 13.2. The molecule has 28 heavy (non-hydrogen) atoms. The second kappa shape index (κ2) is 7.19. The summed E-state index contributed by atoms with van der Waals surface area (Å²) in [5.74, 6) is -3.56. The Bertz CT molecular complexity index is 1120. The average molecular weight is 412 g/mol. The van der Waals surface area contributed by atoms with E-state index in [-0.39, 0.29) is 22.2 Å². The van der Waals surface area contributed by atoms with Crippen molar-refractivity contribution in [1.29, 1.82) is 0 Å². The Morgan fingerprint density at radius 2 is 1.64 bits per heavy atom. The van der Waals surface area contributed by atoms with Gasteiger partial charge in [-0.05, 0) is 13.0 Å². The lowest BCUT2D eigenvalue weighted by atomic mass is 10.1. The van der Waals surface area contributed by atoms with E-state index in [4.69, 9.17) is 9.47 Å². The first-order valence-corrected chi connectivity index (χ1v) is 9.31. The summed E-state index contributed by atoms with van der Waals surface area (Å²) in [6.07, 6.45) is 1.06. The van der Waals surface area contributed by atoms with Gasteiger partial charge >= 0.3 is 0 Å². The van der Waals surface area contributed by atoms with Crippen LogP contribution in [-0.2, 0) is 10.0 Å². The third-order valence-corrected chi connectivity index (χ3v) is 5.81. The summed E-state index contributed by atoms with van der Waals surface area (Å²) in [4.78, 5) is 3.61. The molecule has 3 aromatic rings. The predicted octanol–water partition coefficient (Wildman–Crippen LogP) is 3.53. The van der Waals surface area contributed by atoms with Crippen molar-refractivity contribution in [3.05, 3.63) is 59.7 Å². The Morgan fingerprint density at radius 1 is 1.00 bits per heavy atom. The molecule has 0 spiro atoms. The van der Waals surface area contributed by atoms with Gasteiger partial charge in [-0.15, -0.1) is 0 Å². The predicted molar refractivity (Wildman–Crippen MR) is 94.4 cm³/mol. The minimum absolute atomic E-state index is 0.0908. The lowest BCUT2D eigenvalue weighted by molar-refractivity contribution is 0.397. The molecule has 0 saturated carbocycles. The summed E-state index contributed by atoms with van der Waals surface area (Å²) in [6, 6.07) is 4.82. The number of hydrogen-bond acceptors (Lipinski definition) is 5. The quantitative estimate of drug-likeness (QED) is 0.641. The van der Waals surface area contributed by atoms with Crippen LogP contribution in [0.2, 0.25) is 0 Å². The maximum absolute atomic E-state index is 14.4. The number of rotatable bonds is 5. The van der Waals surface area contributed by atoms with E-state index in [0.29, 0.717) is 12.1 Å². The standard InChI is InChI=1S/C18H15F3N2O4S/c1-10-6-15(26-2)18(17-13(20)7-11(19)8-14(17)21)23(10)28(24,25)12-4-5-16(27-3)22-9-12/h4-9H,1-3H3. The highest BCUT2D eigenvalue weighted by Crippen LogP contribution is 2.39. The van der Waals surface area contributed by atoms with Crippen LogP contribution < -0.4 is 9.47 Å². The normalized spacial score (nSPS) is 11.5. The molecule has 0 amide bonds. The minimum Gasteiger partial charge on any atom is -0.494 e. The highest BCUT2D eigenvalue weighted by molar-refractivity contribution is 7.90. The fourth-order valence-corrected chi connectivity index (χ4v) is 4.29. The maximum atomic E-state index is 14.4. The number of methoxy groups -OCH3 is 2. The van der Waals surface area contributed by atoms with Gasteiger partial charge < -0.3 is 9.47 Å². The van der Waals surface area contributed by atoms with E-state index >= 15 is 0 Å². The SMILES string of the molecule is COc1ccc(S(=O)(=O)n2c(C)cc(OC)c2-c2c(F)cc(F)cc2F)cn1. The van der Waals surface area contributed by atoms with Crippen LogP contribution in [0.4, 0.5) is 13.2 Å². The molecule has 0 N–H and O–H groups in total. The minimum atomic E-state index is -4.31. The molecule has 0 fully saturated rings. The first kappa shape index (κ1) is 19.7. The molecule has 0 aliphatic heterocycles. The molecule has 0 radical (unpaired) electrons. The molecule has 2 heterocycles. The molecular formula is C18H15F3N2O4S. The maximum Gasteiger partial charge on any atom is 0.270 e. The Kier molecular flexibility index (Phi) is 5.07. The number of aryl methyl sites for hydroxylation is 1. The van der Waals surface area contributed by atoms with Crippen LogP contribution >= 0.6 is 0 Å². The van der Waals surface area contributed by atoms with Crippen LogP contribution in [0.3, 0.4) is 0 Å². The zero-order valence-electron chi connectivity index (χ0n) is 15.0. The van der Waals surface area contributed by atoms with E-state index in [0.717, 1.165) is 10.2 Å². The molecule has 0 saturated heterocycles. The summed E-state index contributed by atoms with van der Waals surface area (Å²) in [7, 11) is -1.72. The molecule has 0 bridgehead atoms. The second-order valence-corrected chi connectivity index (χ2v) is 7.54. The number of pyridine rings is 1. The topological polar surface area (TPSA) is 70.4 Å². The fraction of sp³-hybridized carbons (Fsp3) is 0.167. The number of nitrogens with zero attached hydrogens (tertiary/aromatic N) is 2. The monoisotopic (exact) mass is 412 g/mol. The smallest absolute Gasteiger partial charge is 0.270 e. The highest BCUT2D eigenvalue weighted by Gasteiger charge is 2.30. The molecule has 10 heteroatoms. The van der Waals surface area contributed by atoms with Crippen molar-refractivity contribution in [2.75, 3.05) is 14.2 Å². The summed E-state index contributed by atoms with van der Waals surface area (Å²) in [6.45, 7) is 1.43. The van der Waals surface area contributed by atoms with Crippen molar-refractivity contribution in [1.82, 2.24) is 8.96 Å². The van der Waals surface area contributed by atoms with E-state index in [1.165, 1.54) is 39.3 Å². The van der Waals surface area contributed by atoms with Crippen LogP contribution in [0.15, 0.2) is 41.4 Å². The Hall–Kier alpha value is -3.01. The van der Waals surface area contributed by atoms with Gasteiger partial charge in [0.05, 0.1) is 26.0 Å². The van der Waals surface area contributed by atoms with Gasteiger partial charge in [-0.2, -0.15) is 0 Å². The van der Waals surface area contributed by atoms with Gasteiger partial charge in [-0.1, -0.05) is 0 Å². The third-order valence-electron chi connectivity index (χ3n) is 4.02. The summed E-state index contributed by atoms with van der Waals surface area (Å²) < 4.78 is 79.3. The summed E-state index contributed by atoms with van der Waals surface area (Å²) in [5.41, 5.74) is -0.993. The van der Waals surface area contributed by atoms with E-state index in [9.17, 15) is 21.6 Å². The van der Waals surface area contributed by atoms with Crippen molar-refractivity contribution >= 4 is 10.0 Å². The summed E-state index contributed by atoms with van der Waals surface area (Å²) in [5, 5.41) is 0. The number of hydrogen-bond donors (Lipinski definition) is 0. The van der Waals surface area contributed by atoms with Crippen molar-refractivity contribution in [2.24, 2.45) is 0 Å². The molecule has 0 aliphatic rings. The van der Waals surface area contributed by atoms with E-state index in [1.54, 1.807) is 0 Å². The molecule has 6 nitrogen and oxygen atoms in total. The van der Waals surface area contributed by atoms with Crippen molar-refractivity contribution < 1.29 is 31.1 Å². The number of halogens is 3. The summed E-state index contributed by atoms with van der Waals surface area (Å²) >= 11 is 0. The molecule has 1 aromatic carbocycles. The Morgan fingerprint density at radius 3 is 2.14 bits per heavy atom. The lowest BCUT2D eigenvalue weighted by Crippen LogP contribution is -2.17. The van der Waals surface area contributed by atoms with Gasteiger partial charge in [-0.25, -0.2) is 30.5 Å². The molecule has 2 aromatic heterocycles. The van der Waals surface area contributed by atoms with Gasteiger partial charge in [0.1, 0.15) is 33.8 Å². The first-order valence-electron chi connectivity index (χ1n) is 7.87. The second-order valence-electron chi connectivity index (χ2n) is 5.75. The van der Waals surface area contributed by atoms with Crippen molar-refractivity contribution in [2.45, 2.75) is 11.8 Å². The molecule has 0 atom stereocenters. The average Bonchev–Trinajstić information content (AvgIpc) is 2.97. The van der Waals surface area contributed by atoms with Gasteiger partial charge in [0.25, 0.3) is 10.0 Å². The fourth-order valence-electron chi connectivity index (χ4n) is 2.80. The molecular weight excluding hydrogens is 397 g/mol. The van der Waals surface area contributed by atoms with Crippen molar-refractivity contribution in [3.63, 3.8) is 0 Å². The number of ether oxygens (including phenoxy) is 2. The molecule has 0 unspecified atom stereocenters. The number of aromatic nitrogens is 2. The van der Waals surface area contributed by atoms with Crippen LogP contribution in [0.5, 0.6) is 11.6 Å². The number of benzene rings is 1. The third kappa shape index (κ3) is 3.19. The Labute approximate surface area is 159 Å². The van der Waals surface area contributed by atoms with Crippen LogP contribution in [0, 0.1) is 24.4 Å². The molecule has 148 valence electrons. The molecule has 0 aliphatic carbocycles. The van der Waals surface area contributed by atoms with Crippen LogP contribution in [-0.4, -0.2) is 31.6 Å². The van der Waals surface area contributed by atoms with Crippen LogP contribution in [0.25, 0.3) is 11.3 Å². The van der Waals surface area contributed by atoms with E-state index in [2.05, 4.69) is 4.98 Å². The van der Waals surface area contributed by atoms with E-state index < -0.39 is 38.7 Å². The molecule has 3 rings (SSSR count). The Balaban J connectivity index is 2.32. The lowest BCUT2D eigenvalue weighted by Gasteiger charge is -2.15. The van der Waals surface area contributed by atoms with Gasteiger partial charge in [-0.3, -0.25) is 0 Å². The van der Waals surface area contributed by atoms with Gasteiger partial charge in [0.2, 0.25) is 5.88 Å².